The van der Waals surface area contributed by atoms with Crippen LogP contribution in [0.2, 0.25) is 0 Å². The molecule has 0 amide bonds. The van der Waals surface area contributed by atoms with E-state index in [2.05, 4.69) is 0 Å². The van der Waals surface area contributed by atoms with Gasteiger partial charge in [-0.25, -0.2) is 0 Å². The van der Waals surface area contributed by atoms with Gasteiger partial charge in [0.25, 0.3) is 0 Å². The number of nitrogen functional groups attached to an aromatic ring is 1. The molecule has 1 fully saturated rings. The summed E-state index contributed by atoms with van der Waals surface area (Å²) >= 11 is 0. The summed E-state index contributed by atoms with van der Waals surface area (Å²) in [5.41, 5.74) is 6.24. The van der Waals surface area contributed by atoms with Crippen molar-refractivity contribution >= 4 is 18.3 Å². The van der Waals surface area contributed by atoms with Crippen LogP contribution in [0.1, 0.15) is 32.4 Å². The van der Waals surface area contributed by atoms with Gasteiger partial charge in [-0.2, -0.15) is 13.2 Å². The molecule has 2 N–H and O–H groups in total. The fourth-order valence-corrected chi connectivity index (χ4v) is 2.39. The summed E-state index contributed by atoms with van der Waals surface area (Å²) < 4.78 is 55.3. The average molecular weight is 331 g/mol. The minimum absolute atomic E-state index is 0.00955. The Hall–Kier alpha value is -1.25. The standard InChI is InChI=1S/C15H21BF3NO3/c1-4-21-13(15(17,18)19)11-6-5-10(7-12(11)20)16-22-8-14(2,3)9-23-16/h5-7,13H,4,8-9,20H2,1-3H3. The van der Waals surface area contributed by atoms with Gasteiger partial charge in [-0.15, -0.1) is 0 Å². The van der Waals surface area contributed by atoms with Crippen LogP contribution in [-0.2, 0) is 14.0 Å². The van der Waals surface area contributed by atoms with E-state index in [1.54, 1.807) is 0 Å². The fraction of sp³-hybridized carbons (Fsp3) is 0.600. The van der Waals surface area contributed by atoms with Crippen LogP contribution in [0.15, 0.2) is 18.2 Å². The number of alkyl halides is 3. The first-order valence-corrected chi connectivity index (χ1v) is 7.45. The zero-order chi connectivity index (χ0) is 17.3. The molecule has 1 unspecified atom stereocenters. The second kappa shape index (κ2) is 6.71. The summed E-state index contributed by atoms with van der Waals surface area (Å²) in [7, 11) is -0.615. The summed E-state index contributed by atoms with van der Waals surface area (Å²) in [4.78, 5) is 0. The van der Waals surface area contributed by atoms with Gasteiger partial charge in [-0.3, -0.25) is 0 Å². The average Bonchev–Trinajstić information content (AvgIpc) is 2.44. The highest BCUT2D eigenvalue weighted by atomic mass is 19.4. The summed E-state index contributed by atoms with van der Waals surface area (Å²) in [5.74, 6) is 0. The second-order valence-electron chi connectivity index (χ2n) is 6.38. The predicted molar refractivity (Wildman–Crippen MR) is 82.3 cm³/mol. The molecule has 0 saturated carbocycles. The lowest BCUT2D eigenvalue weighted by Crippen LogP contribution is -2.47. The summed E-state index contributed by atoms with van der Waals surface area (Å²) in [6.45, 7) is 6.48. The smallest absolute Gasteiger partial charge is 0.407 e. The van der Waals surface area contributed by atoms with Gasteiger partial charge < -0.3 is 19.8 Å². The van der Waals surface area contributed by atoms with Crippen LogP contribution >= 0.6 is 0 Å². The maximum absolute atomic E-state index is 13.1. The Morgan fingerprint density at radius 2 is 1.91 bits per heavy atom. The quantitative estimate of drug-likeness (QED) is 0.681. The van der Waals surface area contributed by atoms with Gasteiger partial charge in [0.2, 0.25) is 0 Å². The number of ether oxygens (including phenoxy) is 1. The number of hydrogen-bond acceptors (Lipinski definition) is 4. The molecule has 8 heteroatoms. The molecule has 1 atom stereocenters. The van der Waals surface area contributed by atoms with Crippen molar-refractivity contribution in [3.8, 4) is 0 Å². The highest BCUT2D eigenvalue weighted by Gasteiger charge is 2.43. The molecule has 1 heterocycles. The van der Waals surface area contributed by atoms with Gasteiger partial charge in [0.1, 0.15) is 0 Å². The molecular weight excluding hydrogens is 310 g/mol. The van der Waals surface area contributed by atoms with Crippen LogP contribution in [0.4, 0.5) is 18.9 Å². The molecule has 2 rings (SSSR count). The van der Waals surface area contributed by atoms with Gasteiger partial charge in [0.15, 0.2) is 6.10 Å². The van der Waals surface area contributed by atoms with Crippen LogP contribution in [0.25, 0.3) is 0 Å². The van der Waals surface area contributed by atoms with Gasteiger partial charge in [-0.05, 0) is 18.5 Å². The first-order chi connectivity index (χ1) is 10.6. The summed E-state index contributed by atoms with van der Waals surface area (Å²) in [5, 5.41) is 0. The Morgan fingerprint density at radius 1 is 1.30 bits per heavy atom. The Morgan fingerprint density at radius 3 is 2.39 bits per heavy atom. The largest absolute Gasteiger partial charge is 0.493 e. The predicted octanol–water partition coefficient (Wildman–Crippen LogP) is 2.68. The molecule has 1 aromatic carbocycles. The normalized spacial score (nSPS) is 19.7. The summed E-state index contributed by atoms with van der Waals surface area (Å²) in [6, 6.07) is 4.31. The van der Waals surface area contributed by atoms with E-state index in [9.17, 15) is 13.2 Å². The van der Waals surface area contributed by atoms with Gasteiger partial charge in [-0.1, -0.05) is 26.0 Å². The monoisotopic (exact) mass is 331 g/mol. The van der Waals surface area contributed by atoms with E-state index in [4.69, 9.17) is 19.8 Å². The number of nitrogens with two attached hydrogens (primary N) is 1. The van der Waals surface area contributed by atoms with Crippen molar-refractivity contribution in [3.05, 3.63) is 23.8 Å². The SMILES string of the molecule is CCOC(c1ccc(B2OCC(C)(C)CO2)cc1N)C(F)(F)F. The molecule has 1 aromatic rings. The number of hydrogen-bond donors (Lipinski definition) is 1. The molecule has 1 saturated heterocycles. The van der Waals surface area contributed by atoms with Crippen LogP contribution < -0.4 is 11.2 Å². The Kier molecular flexibility index (Phi) is 5.28. The minimum Gasteiger partial charge on any atom is -0.407 e. The van der Waals surface area contributed by atoms with Crippen molar-refractivity contribution < 1.29 is 27.2 Å². The zero-order valence-corrected chi connectivity index (χ0v) is 13.4. The minimum atomic E-state index is -4.52. The molecule has 4 nitrogen and oxygen atoms in total. The molecule has 1 aliphatic rings. The third kappa shape index (κ3) is 4.40. The first-order valence-electron chi connectivity index (χ1n) is 7.45. The van der Waals surface area contributed by atoms with E-state index in [-0.39, 0.29) is 23.3 Å². The second-order valence-corrected chi connectivity index (χ2v) is 6.38. The molecule has 23 heavy (non-hydrogen) atoms. The lowest BCUT2D eigenvalue weighted by molar-refractivity contribution is -0.222. The third-order valence-electron chi connectivity index (χ3n) is 3.55. The molecule has 0 aromatic heterocycles. The van der Waals surface area contributed by atoms with Crippen LogP contribution in [0.5, 0.6) is 0 Å². The van der Waals surface area contributed by atoms with Gasteiger partial charge in [0, 0.05) is 36.5 Å². The number of benzene rings is 1. The fourth-order valence-electron chi connectivity index (χ4n) is 2.39. The lowest BCUT2D eigenvalue weighted by atomic mass is 9.75. The lowest BCUT2D eigenvalue weighted by Gasteiger charge is -2.33. The molecule has 0 bridgehead atoms. The van der Waals surface area contributed by atoms with Crippen molar-refractivity contribution in [2.24, 2.45) is 5.41 Å². The van der Waals surface area contributed by atoms with E-state index >= 15 is 0 Å². The van der Waals surface area contributed by atoms with Crippen LogP contribution in [0.3, 0.4) is 0 Å². The molecule has 0 aliphatic carbocycles. The molecule has 0 spiro atoms. The van der Waals surface area contributed by atoms with E-state index in [0.29, 0.717) is 18.7 Å². The highest BCUT2D eigenvalue weighted by molar-refractivity contribution is 6.61. The Balaban J connectivity index is 2.20. The highest BCUT2D eigenvalue weighted by Crippen LogP contribution is 2.38. The maximum atomic E-state index is 13.1. The molecule has 0 radical (unpaired) electrons. The Labute approximate surface area is 134 Å². The number of anilines is 1. The van der Waals surface area contributed by atoms with E-state index in [1.807, 2.05) is 13.8 Å². The zero-order valence-electron chi connectivity index (χ0n) is 13.4. The summed E-state index contributed by atoms with van der Waals surface area (Å²) in [6.07, 6.45) is -6.55. The van der Waals surface area contributed by atoms with E-state index in [0.717, 1.165) is 0 Å². The van der Waals surface area contributed by atoms with Crippen molar-refractivity contribution in [2.45, 2.75) is 33.1 Å². The van der Waals surface area contributed by atoms with Gasteiger partial charge in [0.05, 0.1) is 0 Å². The Bertz CT molecular complexity index is 541. The van der Waals surface area contributed by atoms with Crippen molar-refractivity contribution in [2.75, 3.05) is 25.6 Å². The molecule has 1 aliphatic heterocycles. The number of halogens is 3. The molecule has 128 valence electrons. The topological polar surface area (TPSA) is 53.7 Å². The first kappa shape index (κ1) is 18.1. The van der Waals surface area contributed by atoms with Crippen LogP contribution in [0, 0.1) is 5.41 Å². The molecular formula is C15H21BF3NO3. The van der Waals surface area contributed by atoms with Crippen molar-refractivity contribution in [3.63, 3.8) is 0 Å². The van der Waals surface area contributed by atoms with Gasteiger partial charge >= 0.3 is 13.3 Å². The van der Waals surface area contributed by atoms with E-state index in [1.165, 1.54) is 25.1 Å². The van der Waals surface area contributed by atoms with E-state index < -0.39 is 19.4 Å². The van der Waals surface area contributed by atoms with Crippen molar-refractivity contribution in [1.82, 2.24) is 0 Å². The van der Waals surface area contributed by atoms with Crippen molar-refractivity contribution in [1.29, 1.82) is 0 Å². The third-order valence-corrected chi connectivity index (χ3v) is 3.55. The number of rotatable bonds is 4. The maximum Gasteiger partial charge on any atom is 0.493 e. The van der Waals surface area contributed by atoms with Crippen LogP contribution in [-0.4, -0.2) is 33.1 Å².